The van der Waals surface area contributed by atoms with Crippen molar-refractivity contribution >= 4 is 11.2 Å². The average Bonchev–Trinajstić information content (AvgIpc) is 3.18. The van der Waals surface area contributed by atoms with Gasteiger partial charge in [-0.25, -0.2) is 9.97 Å². The number of hydrogen-bond donors (Lipinski definition) is 0. The molecule has 0 aliphatic carbocycles. The molecular weight excluding hydrogens is 278 g/mol. The van der Waals surface area contributed by atoms with E-state index in [1.54, 1.807) is 0 Å². The van der Waals surface area contributed by atoms with Crippen LogP contribution in [0.1, 0.15) is 31.5 Å². The Kier molecular flexibility index (Phi) is 4.08. The van der Waals surface area contributed by atoms with Crippen molar-refractivity contribution in [2.24, 2.45) is 5.92 Å². The van der Waals surface area contributed by atoms with Gasteiger partial charge in [-0.2, -0.15) is 0 Å². The molecule has 2 fully saturated rings. The molecule has 0 saturated carbocycles. The molecule has 2 aliphatic heterocycles. The Balaban J connectivity index is 1.63. The number of ether oxygens (including phenoxy) is 2. The fourth-order valence-electron chi connectivity index (χ4n) is 3.51. The van der Waals surface area contributed by atoms with E-state index in [0.717, 1.165) is 62.6 Å². The van der Waals surface area contributed by atoms with E-state index in [9.17, 15) is 0 Å². The minimum atomic E-state index is 0.298. The van der Waals surface area contributed by atoms with Crippen LogP contribution in [0.25, 0.3) is 11.2 Å². The molecule has 0 N–H and O–H groups in total. The summed E-state index contributed by atoms with van der Waals surface area (Å²) in [6.45, 7) is 3.50. The molecule has 5 heteroatoms. The van der Waals surface area contributed by atoms with Crippen molar-refractivity contribution in [3.63, 3.8) is 0 Å². The summed E-state index contributed by atoms with van der Waals surface area (Å²) in [5.74, 6) is 1.72. The lowest BCUT2D eigenvalue weighted by atomic mass is 10.0. The van der Waals surface area contributed by atoms with Gasteiger partial charge in [0.15, 0.2) is 5.65 Å². The predicted molar refractivity (Wildman–Crippen MR) is 83.7 cm³/mol. The van der Waals surface area contributed by atoms with Crippen molar-refractivity contribution < 1.29 is 9.47 Å². The molecule has 5 nitrogen and oxygen atoms in total. The Morgan fingerprint density at radius 2 is 2.23 bits per heavy atom. The summed E-state index contributed by atoms with van der Waals surface area (Å²) in [5.41, 5.74) is 1.98. The Hall–Kier alpha value is -1.46. The molecule has 2 unspecified atom stereocenters. The van der Waals surface area contributed by atoms with E-state index in [4.69, 9.17) is 14.5 Å². The number of pyridine rings is 1. The van der Waals surface area contributed by atoms with Gasteiger partial charge in [0.05, 0.1) is 12.6 Å². The second-order valence-corrected chi connectivity index (χ2v) is 6.41. The van der Waals surface area contributed by atoms with Crippen molar-refractivity contribution in [3.8, 4) is 0 Å². The van der Waals surface area contributed by atoms with Crippen molar-refractivity contribution in [1.29, 1.82) is 0 Å². The minimum absolute atomic E-state index is 0.298. The van der Waals surface area contributed by atoms with Gasteiger partial charge in [0.25, 0.3) is 0 Å². The van der Waals surface area contributed by atoms with Gasteiger partial charge >= 0.3 is 0 Å². The van der Waals surface area contributed by atoms with Crippen LogP contribution >= 0.6 is 0 Å². The van der Waals surface area contributed by atoms with E-state index in [-0.39, 0.29) is 0 Å². The second kappa shape index (κ2) is 6.34. The smallest absolute Gasteiger partial charge is 0.160 e. The highest BCUT2D eigenvalue weighted by atomic mass is 16.5. The third kappa shape index (κ3) is 2.88. The normalized spacial score (nSPS) is 25.8. The molecule has 4 heterocycles. The van der Waals surface area contributed by atoms with Gasteiger partial charge in [0, 0.05) is 32.4 Å². The maximum absolute atomic E-state index is 5.92. The fraction of sp³-hybridized carbons (Fsp3) is 0.647. The second-order valence-electron chi connectivity index (χ2n) is 6.41. The Morgan fingerprint density at radius 3 is 3.05 bits per heavy atom. The number of imidazole rings is 1. The van der Waals surface area contributed by atoms with Gasteiger partial charge in [-0.05, 0) is 43.7 Å². The van der Waals surface area contributed by atoms with Crippen LogP contribution in [-0.4, -0.2) is 40.5 Å². The molecule has 0 aromatic carbocycles. The summed E-state index contributed by atoms with van der Waals surface area (Å²) in [6, 6.07) is 4.01. The molecular formula is C17H23N3O2. The molecule has 2 saturated heterocycles. The number of fused-ring (bicyclic) bond motifs is 1. The highest BCUT2D eigenvalue weighted by Crippen LogP contribution is 2.23. The van der Waals surface area contributed by atoms with Crippen LogP contribution in [0.2, 0.25) is 0 Å². The van der Waals surface area contributed by atoms with E-state index >= 15 is 0 Å². The Morgan fingerprint density at radius 1 is 1.23 bits per heavy atom. The first-order chi connectivity index (χ1) is 10.9. The standard InChI is InChI=1S/C17H23N3O2/c1-2-8-22-14(4-1)11-20-16(10-13-6-9-21-12-13)19-15-5-3-7-18-17(15)20/h3,5,7,13-14H,1-2,4,6,8-12H2. The molecule has 22 heavy (non-hydrogen) atoms. The van der Waals surface area contributed by atoms with Crippen molar-refractivity contribution in [1.82, 2.24) is 14.5 Å². The van der Waals surface area contributed by atoms with Crippen LogP contribution in [0.4, 0.5) is 0 Å². The summed E-state index contributed by atoms with van der Waals surface area (Å²) in [6.07, 6.45) is 7.84. The summed E-state index contributed by atoms with van der Waals surface area (Å²) >= 11 is 0. The van der Waals surface area contributed by atoms with Crippen molar-refractivity contribution in [3.05, 3.63) is 24.2 Å². The van der Waals surface area contributed by atoms with Gasteiger partial charge in [-0.1, -0.05) is 0 Å². The zero-order valence-corrected chi connectivity index (χ0v) is 12.9. The van der Waals surface area contributed by atoms with E-state index < -0.39 is 0 Å². The van der Waals surface area contributed by atoms with Crippen LogP contribution in [0.3, 0.4) is 0 Å². The molecule has 0 amide bonds. The molecule has 2 aromatic heterocycles. The van der Waals surface area contributed by atoms with Gasteiger partial charge < -0.3 is 14.0 Å². The first kappa shape index (κ1) is 14.2. The molecule has 2 aliphatic rings. The topological polar surface area (TPSA) is 49.2 Å². The number of hydrogen-bond acceptors (Lipinski definition) is 4. The number of rotatable bonds is 4. The summed E-state index contributed by atoms with van der Waals surface area (Å²) < 4.78 is 13.7. The third-order valence-corrected chi connectivity index (χ3v) is 4.74. The molecule has 0 bridgehead atoms. The molecule has 0 radical (unpaired) electrons. The molecule has 118 valence electrons. The fourth-order valence-corrected chi connectivity index (χ4v) is 3.51. The monoisotopic (exact) mass is 301 g/mol. The van der Waals surface area contributed by atoms with E-state index in [0.29, 0.717) is 12.0 Å². The zero-order valence-electron chi connectivity index (χ0n) is 12.9. The largest absolute Gasteiger partial charge is 0.381 e. The Labute approximate surface area is 130 Å². The first-order valence-corrected chi connectivity index (χ1v) is 8.39. The van der Waals surface area contributed by atoms with Crippen molar-refractivity contribution in [2.45, 2.75) is 44.8 Å². The SMILES string of the molecule is c1cnc2c(c1)nc(CC1CCOC1)n2CC1CCCCO1. The molecule has 4 rings (SSSR count). The lowest BCUT2D eigenvalue weighted by molar-refractivity contribution is 0.00602. The summed E-state index contributed by atoms with van der Waals surface area (Å²) in [4.78, 5) is 9.39. The van der Waals surface area contributed by atoms with Crippen LogP contribution in [-0.2, 0) is 22.4 Å². The quantitative estimate of drug-likeness (QED) is 0.871. The minimum Gasteiger partial charge on any atom is -0.381 e. The number of nitrogens with zero attached hydrogens (tertiary/aromatic N) is 3. The van der Waals surface area contributed by atoms with Crippen LogP contribution < -0.4 is 0 Å². The maximum Gasteiger partial charge on any atom is 0.160 e. The van der Waals surface area contributed by atoms with Gasteiger partial charge in [0.1, 0.15) is 11.3 Å². The first-order valence-electron chi connectivity index (χ1n) is 8.39. The lowest BCUT2D eigenvalue weighted by Gasteiger charge is -2.24. The molecule has 2 atom stereocenters. The maximum atomic E-state index is 5.92. The number of aromatic nitrogens is 3. The van der Waals surface area contributed by atoms with Crippen LogP contribution in [0, 0.1) is 5.92 Å². The van der Waals surface area contributed by atoms with E-state index in [2.05, 4.69) is 15.6 Å². The van der Waals surface area contributed by atoms with E-state index in [1.807, 2.05) is 12.3 Å². The summed E-state index contributed by atoms with van der Waals surface area (Å²) in [7, 11) is 0. The zero-order chi connectivity index (χ0) is 14.8. The Bertz CT molecular complexity index is 628. The molecule has 0 spiro atoms. The predicted octanol–water partition coefficient (Wildman–Crippen LogP) is 2.58. The molecule has 2 aromatic rings. The lowest BCUT2D eigenvalue weighted by Crippen LogP contribution is -2.26. The van der Waals surface area contributed by atoms with Crippen LogP contribution in [0.15, 0.2) is 18.3 Å². The average molecular weight is 301 g/mol. The highest BCUT2D eigenvalue weighted by molar-refractivity contribution is 5.71. The van der Waals surface area contributed by atoms with Crippen LogP contribution in [0.5, 0.6) is 0 Å². The van der Waals surface area contributed by atoms with Gasteiger partial charge in [-0.15, -0.1) is 0 Å². The highest BCUT2D eigenvalue weighted by Gasteiger charge is 2.23. The third-order valence-electron chi connectivity index (χ3n) is 4.74. The van der Waals surface area contributed by atoms with Crippen molar-refractivity contribution in [2.75, 3.05) is 19.8 Å². The van der Waals surface area contributed by atoms with Gasteiger partial charge in [-0.3, -0.25) is 0 Å². The summed E-state index contributed by atoms with van der Waals surface area (Å²) in [5, 5.41) is 0. The van der Waals surface area contributed by atoms with Gasteiger partial charge in [0.2, 0.25) is 0 Å². The van der Waals surface area contributed by atoms with E-state index in [1.165, 1.54) is 12.8 Å².